The van der Waals surface area contributed by atoms with Crippen LogP contribution in [0.4, 0.5) is 0 Å². The fraction of sp³-hybridized carbons (Fsp3) is 0.818. The van der Waals surface area contributed by atoms with Crippen LogP contribution in [0.15, 0.2) is 12.7 Å². The van der Waals surface area contributed by atoms with Gasteiger partial charge in [-0.25, -0.2) is 0 Å². The van der Waals surface area contributed by atoms with Crippen molar-refractivity contribution in [2.24, 2.45) is 11.3 Å². The van der Waals surface area contributed by atoms with E-state index in [-0.39, 0.29) is 12.0 Å². The highest BCUT2D eigenvalue weighted by Gasteiger charge is 2.31. The summed E-state index contributed by atoms with van der Waals surface area (Å²) in [7, 11) is 0. The van der Waals surface area contributed by atoms with E-state index in [1.54, 1.807) is 0 Å². The Balaban J connectivity index is 2.57. The molecule has 0 aromatic carbocycles. The highest BCUT2D eigenvalue weighted by atomic mass is 16.3. The molecule has 0 amide bonds. The van der Waals surface area contributed by atoms with Crippen molar-refractivity contribution in [2.45, 2.75) is 39.0 Å². The van der Waals surface area contributed by atoms with E-state index < -0.39 is 0 Å². The van der Waals surface area contributed by atoms with Crippen molar-refractivity contribution in [1.29, 1.82) is 0 Å². The Kier molecular flexibility index (Phi) is 3.33. The summed E-state index contributed by atoms with van der Waals surface area (Å²) in [6.07, 6.45) is 8.49. The molecule has 0 heterocycles. The molecule has 1 aliphatic carbocycles. The van der Waals surface area contributed by atoms with Crippen LogP contribution in [0.5, 0.6) is 0 Å². The maximum absolute atomic E-state index is 9.27. The predicted molar refractivity (Wildman–Crippen MR) is 52.0 cm³/mol. The monoisotopic (exact) mass is 168 g/mol. The first-order chi connectivity index (χ1) is 5.73. The summed E-state index contributed by atoms with van der Waals surface area (Å²) in [4.78, 5) is 0. The summed E-state index contributed by atoms with van der Waals surface area (Å²) in [5, 5.41) is 9.27. The molecule has 1 unspecified atom stereocenters. The summed E-state index contributed by atoms with van der Waals surface area (Å²) >= 11 is 0. The first kappa shape index (κ1) is 9.79. The molecule has 0 aliphatic heterocycles. The molecule has 0 aromatic rings. The van der Waals surface area contributed by atoms with Crippen LogP contribution in [0.1, 0.15) is 39.0 Å². The van der Waals surface area contributed by atoms with Crippen molar-refractivity contribution < 1.29 is 5.11 Å². The molecule has 1 N–H and O–H groups in total. The third kappa shape index (κ3) is 1.89. The first-order valence-electron chi connectivity index (χ1n) is 4.97. The number of aliphatic hydroxyl groups excluding tert-OH is 1. The molecule has 0 bridgehead atoms. The van der Waals surface area contributed by atoms with Crippen LogP contribution in [-0.4, -0.2) is 11.7 Å². The molecule has 0 spiro atoms. The molecule has 1 nitrogen and oxygen atoms in total. The van der Waals surface area contributed by atoms with Gasteiger partial charge in [0.25, 0.3) is 0 Å². The molecule has 70 valence electrons. The van der Waals surface area contributed by atoms with Gasteiger partial charge in [-0.05, 0) is 18.8 Å². The average molecular weight is 168 g/mol. The van der Waals surface area contributed by atoms with Crippen molar-refractivity contribution in [3.05, 3.63) is 12.7 Å². The van der Waals surface area contributed by atoms with Crippen molar-refractivity contribution in [3.8, 4) is 0 Å². The zero-order chi connectivity index (χ0) is 9.03. The summed E-state index contributed by atoms with van der Waals surface area (Å²) < 4.78 is 0. The van der Waals surface area contributed by atoms with Gasteiger partial charge >= 0.3 is 0 Å². The van der Waals surface area contributed by atoms with E-state index in [2.05, 4.69) is 13.5 Å². The van der Waals surface area contributed by atoms with Crippen molar-refractivity contribution in [2.75, 3.05) is 6.61 Å². The Bertz CT molecular complexity index is 147. The normalized spacial score (nSPS) is 24.8. The van der Waals surface area contributed by atoms with Gasteiger partial charge in [0.2, 0.25) is 0 Å². The van der Waals surface area contributed by atoms with Crippen LogP contribution in [0.2, 0.25) is 0 Å². The van der Waals surface area contributed by atoms with Gasteiger partial charge in [-0.1, -0.05) is 32.3 Å². The second-order valence-electron chi connectivity index (χ2n) is 4.20. The maximum atomic E-state index is 9.27. The Morgan fingerprint density at radius 3 is 2.42 bits per heavy atom. The largest absolute Gasteiger partial charge is 0.395 e. The Morgan fingerprint density at radius 1 is 1.42 bits per heavy atom. The molecule has 1 atom stereocenters. The molecule has 1 heteroatoms. The topological polar surface area (TPSA) is 20.2 Å². The minimum Gasteiger partial charge on any atom is -0.395 e. The smallest absolute Gasteiger partial charge is 0.0521 e. The van der Waals surface area contributed by atoms with E-state index in [4.69, 9.17) is 0 Å². The van der Waals surface area contributed by atoms with E-state index >= 15 is 0 Å². The fourth-order valence-electron chi connectivity index (χ4n) is 2.12. The second-order valence-corrected chi connectivity index (χ2v) is 4.20. The molecule has 1 aliphatic rings. The maximum Gasteiger partial charge on any atom is 0.0521 e. The lowest BCUT2D eigenvalue weighted by atomic mass is 9.70. The van der Waals surface area contributed by atoms with Crippen LogP contribution >= 0.6 is 0 Å². The van der Waals surface area contributed by atoms with Gasteiger partial charge in [-0.15, -0.1) is 6.58 Å². The van der Waals surface area contributed by atoms with E-state index in [1.807, 2.05) is 6.08 Å². The van der Waals surface area contributed by atoms with E-state index in [9.17, 15) is 5.11 Å². The lowest BCUT2D eigenvalue weighted by Gasteiger charge is -2.36. The SMILES string of the molecule is C=CC(C)(CO)C1CCCCC1. The van der Waals surface area contributed by atoms with Crippen LogP contribution < -0.4 is 0 Å². The van der Waals surface area contributed by atoms with Crippen molar-refractivity contribution in [3.63, 3.8) is 0 Å². The molecule has 0 saturated heterocycles. The Morgan fingerprint density at radius 2 is 2.00 bits per heavy atom. The third-order valence-electron chi connectivity index (χ3n) is 3.34. The van der Waals surface area contributed by atoms with Crippen molar-refractivity contribution in [1.82, 2.24) is 0 Å². The molecular weight excluding hydrogens is 148 g/mol. The molecule has 1 rings (SSSR count). The second kappa shape index (κ2) is 4.08. The quantitative estimate of drug-likeness (QED) is 0.642. The predicted octanol–water partition coefficient (Wildman–Crippen LogP) is 2.75. The highest BCUT2D eigenvalue weighted by molar-refractivity contribution is 4.96. The fourth-order valence-corrected chi connectivity index (χ4v) is 2.12. The van der Waals surface area contributed by atoms with Crippen molar-refractivity contribution >= 4 is 0 Å². The number of hydrogen-bond acceptors (Lipinski definition) is 1. The molecule has 1 saturated carbocycles. The number of hydrogen-bond donors (Lipinski definition) is 1. The Hall–Kier alpha value is -0.300. The van der Waals surface area contributed by atoms with Crippen LogP contribution in [-0.2, 0) is 0 Å². The van der Waals surface area contributed by atoms with Gasteiger partial charge < -0.3 is 5.11 Å². The number of rotatable bonds is 3. The zero-order valence-corrected chi connectivity index (χ0v) is 8.05. The van der Waals surface area contributed by atoms with E-state index in [0.29, 0.717) is 5.92 Å². The molecule has 1 fully saturated rings. The lowest BCUT2D eigenvalue weighted by molar-refractivity contribution is 0.0991. The number of aliphatic hydroxyl groups is 1. The van der Waals surface area contributed by atoms with Gasteiger partial charge in [0.1, 0.15) is 0 Å². The minimum absolute atomic E-state index is 0.0274. The van der Waals surface area contributed by atoms with Crippen LogP contribution in [0, 0.1) is 11.3 Å². The average Bonchev–Trinajstić information content (AvgIpc) is 2.18. The van der Waals surface area contributed by atoms with E-state index in [0.717, 1.165) is 0 Å². The molecule has 12 heavy (non-hydrogen) atoms. The highest BCUT2D eigenvalue weighted by Crippen LogP contribution is 2.38. The van der Waals surface area contributed by atoms with Gasteiger partial charge in [0, 0.05) is 5.41 Å². The molecular formula is C11H20O. The zero-order valence-electron chi connectivity index (χ0n) is 8.05. The summed E-state index contributed by atoms with van der Waals surface area (Å²) in [6, 6.07) is 0. The van der Waals surface area contributed by atoms with Gasteiger partial charge in [0.05, 0.1) is 6.61 Å². The van der Waals surface area contributed by atoms with Gasteiger partial charge in [-0.3, -0.25) is 0 Å². The molecule has 0 aromatic heterocycles. The summed E-state index contributed by atoms with van der Waals surface area (Å²) in [6.45, 7) is 6.19. The molecule has 0 radical (unpaired) electrons. The lowest BCUT2D eigenvalue weighted by Crippen LogP contribution is -2.30. The summed E-state index contributed by atoms with van der Waals surface area (Å²) in [5.41, 5.74) is -0.0274. The van der Waals surface area contributed by atoms with Gasteiger partial charge in [0.15, 0.2) is 0 Å². The van der Waals surface area contributed by atoms with Gasteiger partial charge in [-0.2, -0.15) is 0 Å². The standard InChI is InChI=1S/C11H20O/c1-3-11(2,9-12)10-7-5-4-6-8-10/h3,10,12H,1,4-9H2,2H3. The van der Waals surface area contributed by atoms with E-state index in [1.165, 1.54) is 32.1 Å². The summed E-state index contributed by atoms with van der Waals surface area (Å²) in [5.74, 6) is 0.661. The Labute approximate surface area is 75.5 Å². The first-order valence-corrected chi connectivity index (χ1v) is 4.97. The third-order valence-corrected chi connectivity index (χ3v) is 3.34. The van der Waals surface area contributed by atoms with Crippen LogP contribution in [0.25, 0.3) is 0 Å². The minimum atomic E-state index is -0.0274. The van der Waals surface area contributed by atoms with Crippen LogP contribution in [0.3, 0.4) is 0 Å².